The molecular weight excluding hydrogens is 661 g/mol. The highest BCUT2D eigenvalue weighted by molar-refractivity contribution is 7.20. The molecule has 52 heavy (non-hydrogen) atoms. The van der Waals surface area contributed by atoms with Crippen molar-refractivity contribution < 1.29 is 4.79 Å². The first-order valence-electron chi connectivity index (χ1n) is 19.0. The lowest BCUT2D eigenvalue weighted by Crippen LogP contribution is -2.70. The number of unbranched alkanes of at least 4 members (excludes halogenated alkanes) is 2. The fourth-order valence-electron chi connectivity index (χ4n) is 8.75. The maximum atomic E-state index is 16.2. The first kappa shape index (κ1) is 35.3. The van der Waals surface area contributed by atoms with Gasteiger partial charge in [0.15, 0.2) is 21.9 Å². The Morgan fingerprint density at radius 1 is 0.346 bits per heavy atom. The van der Waals surface area contributed by atoms with Crippen molar-refractivity contribution in [3.05, 3.63) is 204 Å². The number of ketones is 1. The first-order valence-corrected chi connectivity index (χ1v) is 23.0. The molecule has 0 saturated heterocycles. The molecule has 0 aliphatic heterocycles. The van der Waals surface area contributed by atoms with Gasteiger partial charge in [0.1, 0.15) is 0 Å². The van der Waals surface area contributed by atoms with E-state index >= 15 is 4.79 Å². The molecular formula is C49H48OSi2. The molecule has 0 unspecified atom stereocenters. The Hall–Kier alpha value is -5.10. The molecule has 0 fully saturated rings. The standard InChI is InChI=1S/C49H48OSi2/c1-3-5-37-45-47(50)49(52(42-31-19-10-20-32-42,43-33-21-11-22-34-43)44-35-23-12-24-36-44)46(38-6-4-2)48(45)51(39-25-13-7-14-26-39,40-27-15-8-16-28-40)41-29-17-9-18-30-41/h7-36H,3-6,37-38H2,1-2H3. The number of benzene rings is 6. The van der Waals surface area contributed by atoms with Crippen LogP contribution in [0.5, 0.6) is 0 Å². The lowest BCUT2D eigenvalue weighted by atomic mass is 10.1. The summed E-state index contributed by atoms with van der Waals surface area (Å²) in [7, 11) is -6.22. The normalized spacial score (nSPS) is 13.5. The van der Waals surface area contributed by atoms with Crippen molar-refractivity contribution in [1.82, 2.24) is 0 Å². The second kappa shape index (κ2) is 16.1. The third-order valence-corrected chi connectivity index (χ3v) is 20.8. The van der Waals surface area contributed by atoms with E-state index < -0.39 is 16.1 Å². The van der Waals surface area contributed by atoms with Crippen molar-refractivity contribution >= 4 is 53.1 Å². The predicted octanol–water partition coefficient (Wildman–Crippen LogP) is 7.96. The summed E-state index contributed by atoms with van der Waals surface area (Å²) in [6, 6.07) is 66.7. The molecule has 1 aliphatic carbocycles. The van der Waals surface area contributed by atoms with Crippen molar-refractivity contribution in [3.8, 4) is 0 Å². The summed E-state index contributed by atoms with van der Waals surface area (Å²) in [4.78, 5) is 16.2. The van der Waals surface area contributed by atoms with E-state index in [2.05, 4.69) is 196 Å². The minimum absolute atomic E-state index is 0.275. The monoisotopic (exact) mass is 708 g/mol. The van der Waals surface area contributed by atoms with Crippen LogP contribution in [0.4, 0.5) is 0 Å². The summed E-state index contributed by atoms with van der Waals surface area (Å²) in [5, 5.41) is 10.2. The van der Waals surface area contributed by atoms with Gasteiger partial charge < -0.3 is 0 Å². The molecule has 0 atom stereocenters. The number of Topliss-reactive ketones (excluding diaryl/α,β-unsaturated/α-hetero) is 1. The van der Waals surface area contributed by atoms with Crippen LogP contribution in [0.15, 0.2) is 204 Å². The fourth-order valence-corrected chi connectivity index (χ4v) is 19.3. The van der Waals surface area contributed by atoms with Gasteiger partial charge in [-0.15, -0.1) is 0 Å². The van der Waals surface area contributed by atoms with E-state index in [0.29, 0.717) is 0 Å². The second-order valence-corrected chi connectivity index (χ2v) is 21.4. The molecule has 0 radical (unpaired) electrons. The van der Waals surface area contributed by atoms with Gasteiger partial charge in [-0.25, -0.2) is 0 Å². The van der Waals surface area contributed by atoms with E-state index in [1.165, 1.54) is 41.9 Å². The minimum Gasteiger partial charge on any atom is -0.290 e. The average molecular weight is 709 g/mol. The Kier molecular flexibility index (Phi) is 10.9. The number of allylic oxidation sites excluding steroid dienone is 4. The molecule has 1 nitrogen and oxygen atoms in total. The number of hydrogen-bond acceptors (Lipinski definition) is 1. The lowest BCUT2D eigenvalue weighted by Gasteiger charge is -2.39. The van der Waals surface area contributed by atoms with Crippen LogP contribution in [-0.4, -0.2) is 21.9 Å². The third kappa shape index (κ3) is 6.12. The van der Waals surface area contributed by atoms with Crippen LogP contribution in [0.3, 0.4) is 0 Å². The van der Waals surface area contributed by atoms with E-state index in [1.807, 2.05) is 0 Å². The van der Waals surface area contributed by atoms with E-state index in [9.17, 15) is 0 Å². The Bertz CT molecular complexity index is 1950. The highest BCUT2D eigenvalue weighted by atomic mass is 28.3. The quantitative estimate of drug-likeness (QED) is 0.0830. The molecule has 258 valence electrons. The van der Waals surface area contributed by atoms with Crippen molar-refractivity contribution in [2.45, 2.75) is 52.4 Å². The number of hydrogen-bond donors (Lipinski definition) is 0. The summed E-state index contributed by atoms with van der Waals surface area (Å²) in [5.74, 6) is 0.275. The number of rotatable bonds is 14. The summed E-state index contributed by atoms with van der Waals surface area (Å²) >= 11 is 0. The molecule has 0 saturated carbocycles. The van der Waals surface area contributed by atoms with Gasteiger partial charge in [-0.3, -0.25) is 4.79 Å². The van der Waals surface area contributed by atoms with Gasteiger partial charge in [-0.1, -0.05) is 209 Å². The summed E-state index contributed by atoms with van der Waals surface area (Å²) in [5.41, 5.74) is 2.36. The molecule has 6 aromatic rings. The van der Waals surface area contributed by atoms with Crippen LogP contribution in [0.1, 0.15) is 52.4 Å². The van der Waals surface area contributed by atoms with Crippen LogP contribution < -0.4 is 31.1 Å². The van der Waals surface area contributed by atoms with Gasteiger partial charge in [0.25, 0.3) is 0 Å². The van der Waals surface area contributed by atoms with Crippen LogP contribution in [0, 0.1) is 0 Å². The first-order chi connectivity index (χ1) is 25.7. The topological polar surface area (TPSA) is 17.1 Å². The highest BCUT2D eigenvalue weighted by Gasteiger charge is 2.55. The fraction of sp³-hybridized carbons (Fsp3) is 0.163. The van der Waals surface area contributed by atoms with E-state index in [0.717, 1.165) is 49.3 Å². The Morgan fingerprint density at radius 3 is 0.865 bits per heavy atom. The van der Waals surface area contributed by atoms with Crippen LogP contribution in [0.2, 0.25) is 0 Å². The predicted molar refractivity (Wildman–Crippen MR) is 226 cm³/mol. The van der Waals surface area contributed by atoms with Crippen molar-refractivity contribution in [1.29, 1.82) is 0 Å². The zero-order chi connectivity index (χ0) is 35.8. The largest absolute Gasteiger partial charge is 0.290 e. The molecule has 6 aromatic carbocycles. The van der Waals surface area contributed by atoms with Crippen LogP contribution in [-0.2, 0) is 4.79 Å². The second-order valence-electron chi connectivity index (χ2n) is 13.9. The molecule has 0 bridgehead atoms. The van der Waals surface area contributed by atoms with Gasteiger partial charge in [0.05, 0.1) is 0 Å². The minimum atomic E-state index is -3.16. The maximum absolute atomic E-state index is 16.2. The van der Waals surface area contributed by atoms with E-state index in [4.69, 9.17) is 0 Å². The summed E-state index contributed by atoms with van der Waals surface area (Å²) in [6.07, 6.45) is 5.70. The SMILES string of the molecule is CCCCC1=C([Si](c2ccccc2)(c2ccccc2)c2ccccc2)C(=O)C(CCCC)=C1[Si](c1ccccc1)(c1ccccc1)c1ccccc1. The summed E-state index contributed by atoms with van der Waals surface area (Å²) < 4.78 is 0. The molecule has 0 amide bonds. The molecule has 0 N–H and O–H groups in total. The maximum Gasteiger partial charge on any atom is 0.184 e. The summed E-state index contributed by atoms with van der Waals surface area (Å²) in [6.45, 7) is 4.53. The molecule has 3 heteroatoms. The Labute approximate surface area is 312 Å². The van der Waals surface area contributed by atoms with Gasteiger partial charge in [0.2, 0.25) is 0 Å². The molecule has 0 spiro atoms. The van der Waals surface area contributed by atoms with Crippen molar-refractivity contribution in [2.75, 3.05) is 0 Å². The van der Waals surface area contributed by atoms with Crippen molar-refractivity contribution in [2.24, 2.45) is 0 Å². The number of carbonyl (C=O) groups excluding carboxylic acids is 1. The third-order valence-electron chi connectivity index (χ3n) is 11.0. The average Bonchev–Trinajstić information content (AvgIpc) is 3.49. The van der Waals surface area contributed by atoms with E-state index in [-0.39, 0.29) is 5.78 Å². The van der Waals surface area contributed by atoms with Gasteiger partial charge >= 0.3 is 0 Å². The Morgan fingerprint density at radius 2 is 0.596 bits per heavy atom. The van der Waals surface area contributed by atoms with Gasteiger partial charge in [-0.2, -0.15) is 0 Å². The van der Waals surface area contributed by atoms with Crippen LogP contribution >= 0.6 is 0 Å². The molecule has 0 heterocycles. The highest BCUT2D eigenvalue weighted by Crippen LogP contribution is 2.43. The van der Waals surface area contributed by atoms with E-state index in [1.54, 1.807) is 0 Å². The van der Waals surface area contributed by atoms with Gasteiger partial charge in [0, 0.05) is 10.8 Å². The zero-order valence-electron chi connectivity index (χ0n) is 30.5. The van der Waals surface area contributed by atoms with Gasteiger partial charge in [-0.05, 0) is 67.6 Å². The Balaban J connectivity index is 1.72. The zero-order valence-corrected chi connectivity index (χ0v) is 32.5. The van der Waals surface area contributed by atoms with Crippen molar-refractivity contribution in [3.63, 3.8) is 0 Å². The smallest absolute Gasteiger partial charge is 0.184 e. The number of carbonyl (C=O) groups is 1. The van der Waals surface area contributed by atoms with Crippen LogP contribution in [0.25, 0.3) is 0 Å². The molecule has 1 aliphatic rings. The molecule has 7 rings (SSSR count). The molecule has 0 aromatic heterocycles. The lowest BCUT2D eigenvalue weighted by molar-refractivity contribution is -0.111.